The van der Waals surface area contributed by atoms with Crippen LogP contribution >= 0.6 is 9.24 Å². The number of nitrogens with one attached hydrogen (secondary N) is 1. The first kappa shape index (κ1) is 18.7. The molecule has 0 saturated heterocycles. The largest absolute Gasteiger partial charge is 0.385 e. The smallest absolute Gasteiger partial charge is 0.284 e. The first-order valence-electron chi connectivity index (χ1n) is 8.74. The van der Waals surface area contributed by atoms with Crippen molar-refractivity contribution in [3.05, 3.63) is 29.0 Å². The third kappa shape index (κ3) is 4.18. The molecule has 1 heterocycles. The predicted octanol–water partition coefficient (Wildman–Crippen LogP) is 4.12. The van der Waals surface area contributed by atoms with E-state index in [9.17, 15) is 8.78 Å². The molecule has 2 atom stereocenters. The number of aryl methyl sites for hydroxylation is 2. The van der Waals surface area contributed by atoms with Crippen LogP contribution in [0.25, 0.3) is 10.9 Å². The molecule has 1 aliphatic carbocycles. The lowest BCUT2D eigenvalue weighted by Gasteiger charge is -2.19. The molecule has 0 aliphatic heterocycles. The van der Waals surface area contributed by atoms with Crippen LogP contribution in [0, 0.1) is 6.92 Å². The van der Waals surface area contributed by atoms with Crippen molar-refractivity contribution in [2.75, 3.05) is 13.7 Å². The lowest BCUT2D eigenvalue weighted by molar-refractivity contribution is 0.105. The summed E-state index contributed by atoms with van der Waals surface area (Å²) in [5, 5.41) is 8.55. The van der Waals surface area contributed by atoms with Crippen LogP contribution in [0.3, 0.4) is 0 Å². The van der Waals surface area contributed by atoms with Crippen LogP contribution in [0.4, 0.5) is 8.78 Å². The minimum absolute atomic E-state index is 0.0324. The summed E-state index contributed by atoms with van der Waals surface area (Å²) in [6.45, 7) is 5.09. The van der Waals surface area contributed by atoms with E-state index in [-0.39, 0.29) is 11.6 Å². The molecular formula is C18H26F2N3OP. The second-order valence-corrected chi connectivity index (χ2v) is 7.63. The summed E-state index contributed by atoms with van der Waals surface area (Å²) in [5.41, 5.74) is -0.667. The minimum atomic E-state index is -2.99. The summed E-state index contributed by atoms with van der Waals surface area (Å²) in [6, 6.07) is 4.18. The van der Waals surface area contributed by atoms with Gasteiger partial charge in [0, 0.05) is 43.3 Å². The highest BCUT2D eigenvalue weighted by Crippen LogP contribution is 2.41. The number of methoxy groups -OCH3 is 1. The summed E-state index contributed by atoms with van der Waals surface area (Å²) >= 11 is 0. The van der Waals surface area contributed by atoms with E-state index in [0.717, 1.165) is 30.3 Å². The quantitative estimate of drug-likeness (QED) is 0.562. The highest BCUT2D eigenvalue weighted by molar-refractivity contribution is 7.17. The van der Waals surface area contributed by atoms with E-state index in [4.69, 9.17) is 4.74 Å². The van der Waals surface area contributed by atoms with Crippen molar-refractivity contribution in [3.63, 3.8) is 0 Å². The first-order chi connectivity index (χ1) is 11.8. The predicted molar refractivity (Wildman–Crippen MR) is 99.1 cm³/mol. The zero-order valence-electron chi connectivity index (χ0n) is 15.0. The molecule has 25 heavy (non-hydrogen) atoms. The SMILES string of the molecule is COCCCn1nc(C)c2c(C(F)(F)P)cc(C(C)NC3CC3)cc21. The molecule has 0 radical (unpaired) electrons. The van der Waals surface area contributed by atoms with Crippen molar-refractivity contribution in [2.45, 2.75) is 57.4 Å². The summed E-state index contributed by atoms with van der Waals surface area (Å²) in [4.78, 5) is 0. The van der Waals surface area contributed by atoms with Gasteiger partial charge in [0.1, 0.15) is 0 Å². The molecule has 3 rings (SSSR count). The van der Waals surface area contributed by atoms with Gasteiger partial charge in [0.05, 0.1) is 11.2 Å². The van der Waals surface area contributed by atoms with Crippen molar-refractivity contribution in [2.24, 2.45) is 0 Å². The molecule has 1 aromatic carbocycles. The van der Waals surface area contributed by atoms with Gasteiger partial charge >= 0.3 is 0 Å². The van der Waals surface area contributed by atoms with Crippen molar-refractivity contribution in [1.29, 1.82) is 0 Å². The minimum Gasteiger partial charge on any atom is -0.385 e. The normalized spacial score (nSPS) is 16.6. The molecule has 4 nitrogen and oxygen atoms in total. The van der Waals surface area contributed by atoms with Crippen LogP contribution in [-0.4, -0.2) is 29.5 Å². The lowest BCUT2D eigenvalue weighted by Crippen LogP contribution is -2.21. The van der Waals surface area contributed by atoms with Crippen LogP contribution in [0.15, 0.2) is 12.1 Å². The van der Waals surface area contributed by atoms with Crippen LogP contribution in [0.1, 0.15) is 49.0 Å². The maximum Gasteiger partial charge on any atom is 0.284 e. The Morgan fingerprint density at radius 1 is 1.44 bits per heavy atom. The fourth-order valence-electron chi connectivity index (χ4n) is 3.26. The fourth-order valence-corrected chi connectivity index (χ4v) is 3.49. The molecule has 7 heteroatoms. The number of benzene rings is 1. The van der Waals surface area contributed by atoms with Gasteiger partial charge in [-0.05, 0) is 50.8 Å². The summed E-state index contributed by atoms with van der Waals surface area (Å²) in [7, 11) is 3.33. The molecule has 2 unspecified atom stereocenters. The van der Waals surface area contributed by atoms with Crippen molar-refractivity contribution >= 4 is 20.1 Å². The van der Waals surface area contributed by atoms with Gasteiger partial charge in [-0.1, -0.05) is 9.24 Å². The number of aromatic nitrogens is 2. The Hall–Kier alpha value is -1.10. The number of halogens is 2. The maximum atomic E-state index is 14.3. The molecular weight excluding hydrogens is 343 g/mol. The van der Waals surface area contributed by atoms with E-state index in [1.54, 1.807) is 29.3 Å². The fraction of sp³-hybridized carbons (Fsp3) is 0.611. The van der Waals surface area contributed by atoms with E-state index in [1.165, 1.54) is 0 Å². The molecule has 2 aromatic rings. The van der Waals surface area contributed by atoms with Gasteiger partial charge in [-0.25, -0.2) is 0 Å². The van der Waals surface area contributed by atoms with E-state index in [2.05, 4.69) is 10.4 Å². The van der Waals surface area contributed by atoms with Gasteiger partial charge in [-0.15, -0.1) is 0 Å². The number of alkyl halides is 2. The number of nitrogens with zero attached hydrogens (tertiary/aromatic N) is 2. The standard InChI is InChI=1S/C18H26F2N3OP/c1-11(21-14-5-6-14)13-9-15(18(19,20)25)17-12(2)22-23(16(17)10-13)7-4-8-24-3/h9-11,14,21H,4-8,25H2,1-3H3. The Kier molecular flexibility index (Phi) is 5.42. The molecule has 138 valence electrons. The second-order valence-electron chi connectivity index (χ2n) is 6.90. The van der Waals surface area contributed by atoms with Crippen LogP contribution < -0.4 is 5.32 Å². The van der Waals surface area contributed by atoms with Crippen molar-refractivity contribution in [1.82, 2.24) is 15.1 Å². The molecule has 0 spiro atoms. The number of fused-ring (bicyclic) bond motifs is 1. The Morgan fingerprint density at radius 3 is 2.76 bits per heavy atom. The molecule has 1 fully saturated rings. The number of ether oxygens (including phenoxy) is 1. The third-order valence-corrected chi connectivity index (χ3v) is 5.00. The summed E-state index contributed by atoms with van der Waals surface area (Å²) in [5.74, 6) is 0. The van der Waals surface area contributed by atoms with E-state index in [1.807, 2.05) is 17.7 Å². The van der Waals surface area contributed by atoms with Crippen LogP contribution in [0.5, 0.6) is 0 Å². The molecule has 1 aliphatic rings. The molecule has 1 aromatic heterocycles. The van der Waals surface area contributed by atoms with Gasteiger partial charge < -0.3 is 10.1 Å². The molecule has 1 saturated carbocycles. The zero-order valence-corrected chi connectivity index (χ0v) is 16.1. The average Bonchev–Trinajstić information content (AvgIpc) is 3.30. The number of hydrogen-bond acceptors (Lipinski definition) is 3. The van der Waals surface area contributed by atoms with Crippen LogP contribution in [0.2, 0.25) is 0 Å². The average molecular weight is 369 g/mol. The number of hydrogen-bond donors (Lipinski definition) is 1. The van der Waals surface area contributed by atoms with Gasteiger partial charge in [-0.2, -0.15) is 13.9 Å². The highest BCUT2D eigenvalue weighted by Gasteiger charge is 2.31. The van der Waals surface area contributed by atoms with Gasteiger partial charge in [0.25, 0.3) is 5.66 Å². The lowest BCUT2D eigenvalue weighted by atomic mass is 10.00. The van der Waals surface area contributed by atoms with Crippen LogP contribution in [-0.2, 0) is 16.9 Å². The zero-order chi connectivity index (χ0) is 18.2. The first-order valence-corrected chi connectivity index (χ1v) is 9.32. The molecule has 0 amide bonds. The van der Waals surface area contributed by atoms with E-state index >= 15 is 0 Å². The molecule has 1 N–H and O–H groups in total. The second kappa shape index (κ2) is 7.26. The summed E-state index contributed by atoms with van der Waals surface area (Å²) < 4.78 is 35.5. The van der Waals surface area contributed by atoms with Gasteiger partial charge in [0.15, 0.2) is 0 Å². The Balaban J connectivity index is 2.06. The van der Waals surface area contributed by atoms with Gasteiger partial charge in [0.2, 0.25) is 0 Å². The highest BCUT2D eigenvalue weighted by atomic mass is 31.0. The molecule has 0 bridgehead atoms. The Bertz CT molecular complexity index is 753. The Morgan fingerprint density at radius 2 is 2.16 bits per heavy atom. The van der Waals surface area contributed by atoms with Crippen molar-refractivity contribution in [3.8, 4) is 0 Å². The summed E-state index contributed by atoms with van der Waals surface area (Å²) in [6.07, 6.45) is 3.11. The Labute approximate surface area is 149 Å². The topological polar surface area (TPSA) is 39.1 Å². The van der Waals surface area contributed by atoms with E-state index < -0.39 is 5.66 Å². The van der Waals surface area contributed by atoms with E-state index in [0.29, 0.717) is 30.3 Å². The third-order valence-electron chi connectivity index (χ3n) is 4.69. The monoisotopic (exact) mass is 369 g/mol. The number of rotatable bonds is 8. The maximum absolute atomic E-state index is 14.3. The van der Waals surface area contributed by atoms with Gasteiger partial charge in [-0.3, -0.25) is 4.68 Å². The van der Waals surface area contributed by atoms with Crippen molar-refractivity contribution < 1.29 is 13.5 Å².